The molecular weight excluding hydrogens is 204 g/mol. The third-order valence-corrected chi connectivity index (χ3v) is 1.80. The first-order chi connectivity index (χ1) is 7.13. The SMILES string of the molecule is C/C(=N\O)c1ccc(OCC(F)F)cc1. The van der Waals surface area contributed by atoms with E-state index in [4.69, 9.17) is 9.94 Å². The zero-order valence-corrected chi connectivity index (χ0v) is 8.15. The quantitative estimate of drug-likeness (QED) is 0.476. The second-order valence-corrected chi connectivity index (χ2v) is 2.91. The fraction of sp³-hybridized carbons (Fsp3) is 0.300. The monoisotopic (exact) mass is 215 g/mol. The zero-order chi connectivity index (χ0) is 11.3. The minimum absolute atomic E-state index is 0.366. The van der Waals surface area contributed by atoms with Gasteiger partial charge in [0.2, 0.25) is 0 Å². The summed E-state index contributed by atoms with van der Waals surface area (Å²) in [5.41, 5.74) is 1.16. The second-order valence-electron chi connectivity index (χ2n) is 2.91. The number of hydrogen-bond donors (Lipinski definition) is 1. The van der Waals surface area contributed by atoms with Crippen molar-refractivity contribution in [3.05, 3.63) is 29.8 Å². The smallest absolute Gasteiger partial charge is 0.272 e. The highest BCUT2D eigenvalue weighted by Gasteiger charge is 2.03. The summed E-state index contributed by atoms with van der Waals surface area (Å²) in [5.74, 6) is 0.366. The number of alkyl halides is 2. The summed E-state index contributed by atoms with van der Waals surface area (Å²) < 4.78 is 28.4. The van der Waals surface area contributed by atoms with Crippen molar-refractivity contribution in [2.45, 2.75) is 13.3 Å². The van der Waals surface area contributed by atoms with Crippen LogP contribution in [-0.4, -0.2) is 24.0 Å². The Labute approximate surface area is 86.0 Å². The van der Waals surface area contributed by atoms with Gasteiger partial charge in [0, 0.05) is 0 Å². The van der Waals surface area contributed by atoms with E-state index in [1.165, 1.54) is 0 Å². The van der Waals surface area contributed by atoms with Crippen molar-refractivity contribution in [3.8, 4) is 5.75 Å². The first-order valence-corrected chi connectivity index (χ1v) is 4.33. The Balaban J connectivity index is 2.64. The molecule has 0 aliphatic heterocycles. The summed E-state index contributed by atoms with van der Waals surface area (Å²) in [6, 6.07) is 6.37. The summed E-state index contributed by atoms with van der Waals surface area (Å²) >= 11 is 0. The number of halogens is 2. The summed E-state index contributed by atoms with van der Waals surface area (Å²) in [6.07, 6.45) is -2.48. The molecule has 0 atom stereocenters. The van der Waals surface area contributed by atoms with E-state index in [-0.39, 0.29) is 0 Å². The van der Waals surface area contributed by atoms with E-state index in [1.54, 1.807) is 31.2 Å². The molecule has 0 aliphatic carbocycles. The normalized spacial score (nSPS) is 11.9. The number of ether oxygens (including phenoxy) is 1. The molecule has 15 heavy (non-hydrogen) atoms. The van der Waals surface area contributed by atoms with Crippen LogP contribution in [0.25, 0.3) is 0 Å². The van der Waals surface area contributed by atoms with Gasteiger partial charge in [-0.15, -0.1) is 0 Å². The first kappa shape index (κ1) is 11.4. The maximum Gasteiger partial charge on any atom is 0.272 e. The predicted molar refractivity (Wildman–Crippen MR) is 51.9 cm³/mol. The van der Waals surface area contributed by atoms with E-state index in [2.05, 4.69) is 5.16 Å². The van der Waals surface area contributed by atoms with E-state index < -0.39 is 13.0 Å². The maximum atomic E-state index is 11.8. The molecule has 0 unspecified atom stereocenters. The van der Waals surface area contributed by atoms with E-state index >= 15 is 0 Å². The molecule has 0 heterocycles. The number of hydrogen-bond acceptors (Lipinski definition) is 3. The first-order valence-electron chi connectivity index (χ1n) is 4.33. The lowest BCUT2D eigenvalue weighted by atomic mass is 10.1. The van der Waals surface area contributed by atoms with Crippen LogP contribution in [-0.2, 0) is 0 Å². The summed E-state index contributed by atoms with van der Waals surface area (Å²) in [6.45, 7) is 1.02. The predicted octanol–water partition coefficient (Wildman–Crippen LogP) is 2.53. The van der Waals surface area contributed by atoms with Crippen molar-refractivity contribution < 1.29 is 18.7 Å². The Bertz CT molecular complexity index is 336. The van der Waals surface area contributed by atoms with Crippen LogP contribution < -0.4 is 4.74 Å². The van der Waals surface area contributed by atoms with E-state index in [0.29, 0.717) is 17.0 Å². The van der Waals surface area contributed by atoms with Crippen molar-refractivity contribution in [2.75, 3.05) is 6.61 Å². The highest BCUT2D eigenvalue weighted by atomic mass is 19.3. The molecule has 0 saturated heterocycles. The number of oxime groups is 1. The molecular formula is C10H11F2NO2. The molecule has 0 fully saturated rings. The molecule has 82 valence electrons. The summed E-state index contributed by atoms with van der Waals surface area (Å²) in [5, 5.41) is 11.5. The third-order valence-electron chi connectivity index (χ3n) is 1.80. The van der Waals surface area contributed by atoms with Crippen molar-refractivity contribution >= 4 is 5.71 Å². The molecule has 0 bridgehead atoms. The van der Waals surface area contributed by atoms with E-state index in [0.717, 1.165) is 0 Å². The van der Waals surface area contributed by atoms with E-state index in [9.17, 15) is 8.78 Å². The largest absolute Gasteiger partial charge is 0.488 e. The van der Waals surface area contributed by atoms with Gasteiger partial charge < -0.3 is 9.94 Å². The molecule has 1 aromatic carbocycles. The molecule has 0 aliphatic rings. The van der Waals surface area contributed by atoms with Gasteiger partial charge in [-0.3, -0.25) is 0 Å². The van der Waals surface area contributed by atoms with Crippen LogP contribution in [0.15, 0.2) is 29.4 Å². The van der Waals surface area contributed by atoms with Crippen molar-refractivity contribution in [2.24, 2.45) is 5.16 Å². The van der Waals surface area contributed by atoms with Gasteiger partial charge in [-0.05, 0) is 36.8 Å². The average Bonchev–Trinajstić information content (AvgIpc) is 2.26. The number of nitrogens with zero attached hydrogens (tertiary/aromatic N) is 1. The molecule has 0 amide bonds. The standard InChI is InChI=1S/C10H11F2NO2/c1-7(13-14)8-2-4-9(5-3-8)15-6-10(11)12/h2-5,10,14H,6H2,1H3/b13-7+. The Hall–Kier alpha value is -1.65. The molecule has 0 spiro atoms. The lowest BCUT2D eigenvalue weighted by Gasteiger charge is -2.05. The summed E-state index contributed by atoms with van der Waals surface area (Å²) in [7, 11) is 0. The Morgan fingerprint density at radius 2 is 2.00 bits per heavy atom. The van der Waals surface area contributed by atoms with Gasteiger partial charge in [-0.2, -0.15) is 0 Å². The molecule has 5 heteroatoms. The molecule has 1 N–H and O–H groups in total. The minimum Gasteiger partial charge on any atom is -0.488 e. The van der Waals surface area contributed by atoms with Gasteiger partial charge in [0.15, 0.2) is 0 Å². The molecule has 3 nitrogen and oxygen atoms in total. The van der Waals surface area contributed by atoms with Crippen molar-refractivity contribution in [3.63, 3.8) is 0 Å². The average molecular weight is 215 g/mol. The van der Waals surface area contributed by atoms with Crippen LogP contribution in [0, 0.1) is 0 Å². The highest BCUT2D eigenvalue weighted by molar-refractivity contribution is 5.98. The van der Waals surface area contributed by atoms with Crippen LogP contribution in [0.2, 0.25) is 0 Å². The van der Waals surface area contributed by atoms with Crippen LogP contribution >= 0.6 is 0 Å². The number of rotatable bonds is 4. The van der Waals surface area contributed by atoms with Gasteiger partial charge >= 0.3 is 0 Å². The zero-order valence-electron chi connectivity index (χ0n) is 8.15. The molecule has 0 saturated carbocycles. The van der Waals surface area contributed by atoms with Crippen molar-refractivity contribution in [1.82, 2.24) is 0 Å². The van der Waals surface area contributed by atoms with Crippen LogP contribution in [0.3, 0.4) is 0 Å². The lowest BCUT2D eigenvalue weighted by Crippen LogP contribution is -2.07. The van der Waals surface area contributed by atoms with Crippen LogP contribution in [0.5, 0.6) is 5.75 Å². The van der Waals surface area contributed by atoms with Crippen molar-refractivity contribution in [1.29, 1.82) is 0 Å². The van der Waals surface area contributed by atoms with Crippen LogP contribution in [0.4, 0.5) is 8.78 Å². The summed E-state index contributed by atoms with van der Waals surface area (Å²) in [4.78, 5) is 0. The van der Waals surface area contributed by atoms with Crippen LogP contribution in [0.1, 0.15) is 12.5 Å². The molecule has 1 aromatic rings. The molecule has 1 rings (SSSR count). The fourth-order valence-electron chi connectivity index (χ4n) is 1.01. The Morgan fingerprint density at radius 1 is 1.40 bits per heavy atom. The molecule has 0 radical (unpaired) electrons. The van der Waals surface area contributed by atoms with Gasteiger partial charge in [0.25, 0.3) is 6.43 Å². The third kappa shape index (κ3) is 3.53. The van der Waals surface area contributed by atoms with E-state index in [1.807, 2.05) is 0 Å². The Morgan fingerprint density at radius 3 is 2.47 bits per heavy atom. The van der Waals surface area contributed by atoms with Gasteiger partial charge in [-0.25, -0.2) is 8.78 Å². The lowest BCUT2D eigenvalue weighted by molar-refractivity contribution is 0.0819. The highest BCUT2D eigenvalue weighted by Crippen LogP contribution is 2.13. The fourth-order valence-corrected chi connectivity index (χ4v) is 1.01. The number of benzene rings is 1. The van der Waals surface area contributed by atoms with Gasteiger partial charge in [-0.1, -0.05) is 5.16 Å². The molecule has 0 aromatic heterocycles. The second kappa shape index (κ2) is 5.29. The minimum atomic E-state index is -2.48. The van der Waals surface area contributed by atoms with Gasteiger partial charge in [0.05, 0.1) is 5.71 Å². The van der Waals surface area contributed by atoms with Gasteiger partial charge in [0.1, 0.15) is 12.4 Å². The Kier molecular flexibility index (Phi) is 4.03. The topological polar surface area (TPSA) is 41.8 Å². The maximum absolute atomic E-state index is 11.8.